The smallest absolute Gasteiger partial charge is 0.284 e. The first-order chi connectivity index (χ1) is 10.5. The predicted octanol–water partition coefficient (Wildman–Crippen LogP) is 3.13. The van der Waals surface area contributed by atoms with Crippen molar-refractivity contribution < 1.29 is 10.1 Å². The Morgan fingerprint density at radius 1 is 1.05 bits per heavy atom. The van der Waals surface area contributed by atoms with Gasteiger partial charge in [0, 0.05) is 22.8 Å². The van der Waals surface area contributed by atoms with E-state index >= 15 is 0 Å². The van der Waals surface area contributed by atoms with Gasteiger partial charge in [-0.15, -0.1) is 0 Å². The molecular formula is C18H22BrN2O+. The van der Waals surface area contributed by atoms with Gasteiger partial charge in [-0.25, -0.2) is 0 Å². The lowest BCUT2D eigenvalue weighted by molar-refractivity contribution is -0.710. The van der Waals surface area contributed by atoms with E-state index in [-0.39, 0.29) is 18.0 Å². The van der Waals surface area contributed by atoms with Crippen molar-refractivity contribution in [3.63, 3.8) is 0 Å². The topological polar surface area (TPSA) is 36.9 Å². The van der Waals surface area contributed by atoms with Crippen LogP contribution in [0.15, 0.2) is 59.1 Å². The van der Waals surface area contributed by atoms with E-state index in [4.69, 9.17) is 0 Å². The van der Waals surface area contributed by atoms with Gasteiger partial charge in [0.25, 0.3) is 5.91 Å². The standard InChI is InChI=1S/C18H21BrN2O/c1-13(16-11-7-8-12-17(16)19)20-14(2)18(22)21(3)15-9-5-4-6-10-15/h4-14,20H,1-3H3/p+1/t13-,14+/m1/s1. The lowest BCUT2D eigenvalue weighted by atomic mass is 10.1. The third kappa shape index (κ3) is 3.96. The Hall–Kier alpha value is -1.65. The van der Waals surface area contributed by atoms with Crippen molar-refractivity contribution in [2.75, 3.05) is 11.9 Å². The highest BCUT2D eigenvalue weighted by Gasteiger charge is 2.24. The van der Waals surface area contributed by atoms with Gasteiger partial charge >= 0.3 is 0 Å². The zero-order valence-electron chi connectivity index (χ0n) is 13.2. The summed E-state index contributed by atoms with van der Waals surface area (Å²) in [4.78, 5) is 14.3. The summed E-state index contributed by atoms with van der Waals surface area (Å²) in [5.41, 5.74) is 2.12. The molecule has 0 heterocycles. The van der Waals surface area contributed by atoms with Crippen molar-refractivity contribution in [1.82, 2.24) is 0 Å². The van der Waals surface area contributed by atoms with Crippen LogP contribution >= 0.6 is 15.9 Å². The fourth-order valence-corrected chi connectivity index (χ4v) is 3.19. The van der Waals surface area contributed by atoms with Gasteiger partial charge in [-0.05, 0) is 32.0 Å². The third-order valence-corrected chi connectivity index (χ3v) is 4.56. The Labute approximate surface area is 140 Å². The number of carbonyl (C=O) groups is 1. The molecule has 4 heteroatoms. The molecule has 3 nitrogen and oxygen atoms in total. The van der Waals surface area contributed by atoms with Crippen molar-refractivity contribution in [3.8, 4) is 0 Å². The van der Waals surface area contributed by atoms with Crippen LogP contribution in [-0.4, -0.2) is 19.0 Å². The molecule has 22 heavy (non-hydrogen) atoms. The summed E-state index contributed by atoms with van der Waals surface area (Å²) < 4.78 is 1.08. The van der Waals surface area contributed by atoms with E-state index in [1.54, 1.807) is 4.90 Å². The SMILES string of the molecule is C[C@H]([NH2+][C@H](C)c1ccccc1Br)C(=O)N(C)c1ccccc1. The van der Waals surface area contributed by atoms with Crippen LogP contribution in [0, 0.1) is 0 Å². The molecule has 2 aromatic rings. The summed E-state index contributed by atoms with van der Waals surface area (Å²) in [5.74, 6) is 0.102. The normalized spacial score (nSPS) is 13.5. The van der Waals surface area contributed by atoms with Crippen LogP contribution in [0.4, 0.5) is 5.69 Å². The van der Waals surface area contributed by atoms with Gasteiger partial charge in [0.1, 0.15) is 6.04 Å². The van der Waals surface area contributed by atoms with Crippen LogP contribution in [0.25, 0.3) is 0 Å². The van der Waals surface area contributed by atoms with Crippen molar-refractivity contribution in [3.05, 3.63) is 64.6 Å². The predicted molar refractivity (Wildman–Crippen MR) is 93.8 cm³/mol. The Bertz CT molecular complexity index is 630. The number of hydrogen-bond donors (Lipinski definition) is 1. The maximum Gasteiger partial charge on any atom is 0.284 e. The first kappa shape index (κ1) is 16.7. The summed E-state index contributed by atoms with van der Waals surface area (Å²) in [5, 5.41) is 2.10. The molecule has 0 aliphatic carbocycles. The highest BCUT2D eigenvalue weighted by molar-refractivity contribution is 9.10. The van der Waals surface area contributed by atoms with Crippen LogP contribution in [0.1, 0.15) is 25.5 Å². The Kier molecular flexibility index (Phi) is 5.75. The number of anilines is 1. The van der Waals surface area contributed by atoms with Crippen LogP contribution in [-0.2, 0) is 4.79 Å². The van der Waals surface area contributed by atoms with E-state index in [1.807, 2.05) is 62.5 Å². The molecule has 0 aliphatic heterocycles. The summed E-state index contributed by atoms with van der Waals surface area (Å²) in [6.45, 7) is 4.07. The van der Waals surface area contributed by atoms with Crippen molar-refractivity contribution in [2.24, 2.45) is 0 Å². The molecule has 0 saturated carbocycles. The molecular weight excluding hydrogens is 340 g/mol. The monoisotopic (exact) mass is 361 g/mol. The Morgan fingerprint density at radius 3 is 2.27 bits per heavy atom. The van der Waals surface area contributed by atoms with Crippen molar-refractivity contribution in [2.45, 2.75) is 25.9 Å². The molecule has 0 bridgehead atoms. The van der Waals surface area contributed by atoms with Crippen LogP contribution in [0.2, 0.25) is 0 Å². The number of nitrogens with two attached hydrogens (primary N) is 1. The van der Waals surface area contributed by atoms with E-state index < -0.39 is 0 Å². The molecule has 0 saturated heterocycles. The van der Waals surface area contributed by atoms with Gasteiger partial charge in [-0.1, -0.05) is 52.3 Å². The number of amides is 1. The second-order valence-electron chi connectivity index (χ2n) is 5.52. The molecule has 0 aliphatic rings. The van der Waals surface area contributed by atoms with Crippen LogP contribution in [0.3, 0.4) is 0 Å². The van der Waals surface area contributed by atoms with E-state index in [0.29, 0.717) is 0 Å². The van der Waals surface area contributed by atoms with E-state index in [9.17, 15) is 4.79 Å². The number of carbonyl (C=O) groups excluding carboxylic acids is 1. The van der Waals surface area contributed by atoms with Gasteiger partial charge < -0.3 is 10.2 Å². The highest BCUT2D eigenvalue weighted by Crippen LogP contribution is 2.20. The molecule has 2 N–H and O–H groups in total. The summed E-state index contributed by atoms with van der Waals surface area (Å²) in [6.07, 6.45) is 0. The zero-order chi connectivity index (χ0) is 16.1. The number of nitrogens with zero attached hydrogens (tertiary/aromatic N) is 1. The zero-order valence-corrected chi connectivity index (χ0v) is 14.7. The summed E-state index contributed by atoms with van der Waals surface area (Å²) in [6, 6.07) is 17.9. The number of para-hydroxylation sites is 1. The molecule has 0 radical (unpaired) electrons. The lowest BCUT2D eigenvalue weighted by Gasteiger charge is -2.23. The average Bonchev–Trinajstić information content (AvgIpc) is 2.54. The number of hydrogen-bond acceptors (Lipinski definition) is 1. The molecule has 1 amide bonds. The van der Waals surface area contributed by atoms with Gasteiger partial charge in [-0.3, -0.25) is 4.79 Å². The van der Waals surface area contributed by atoms with Crippen LogP contribution < -0.4 is 10.2 Å². The van der Waals surface area contributed by atoms with Crippen molar-refractivity contribution in [1.29, 1.82) is 0 Å². The molecule has 0 aromatic heterocycles. The van der Waals surface area contributed by atoms with E-state index in [1.165, 1.54) is 5.56 Å². The maximum absolute atomic E-state index is 12.6. The van der Waals surface area contributed by atoms with E-state index in [2.05, 4.69) is 34.2 Å². The summed E-state index contributed by atoms with van der Waals surface area (Å²) >= 11 is 3.57. The third-order valence-electron chi connectivity index (χ3n) is 3.84. The Morgan fingerprint density at radius 2 is 1.64 bits per heavy atom. The minimum Gasteiger partial charge on any atom is -0.330 e. The second kappa shape index (κ2) is 7.56. The molecule has 116 valence electrons. The largest absolute Gasteiger partial charge is 0.330 e. The number of likely N-dealkylation sites (N-methyl/N-ethyl adjacent to an activating group) is 1. The van der Waals surface area contributed by atoms with Gasteiger partial charge in [0.05, 0.1) is 0 Å². The fourth-order valence-electron chi connectivity index (χ4n) is 2.55. The van der Waals surface area contributed by atoms with Crippen molar-refractivity contribution >= 4 is 27.5 Å². The summed E-state index contributed by atoms with van der Waals surface area (Å²) in [7, 11) is 1.82. The van der Waals surface area contributed by atoms with Crippen LogP contribution in [0.5, 0.6) is 0 Å². The van der Waals surface area contributed by atoms with Gasteiger partial charge in [-0.2, -0.15) is 0 Å². The lowest BCUT2D eigenvalue weighted by Crippen LogP contribution is -2.92. The number of benzene rings is 2. The number of quaternary nitrogens is 1. The molecule has 2 rings (SSSR count). The molecule has 2 aromatic carbocycles. The second-order valence-corrected chi connectivity index (χ2v) is 6.38. The first-order valence-corrected chi connectivity index (χ1v) is 8.22. The van der Waals surface area contributed by atoms with Gasteiger partial charge in [0.2, 0.25) is 0 Å². The minimum absolute atomic E-state index is 0.102. The highest BCUT2D eigenvalue weighted by atomic mass is 79.9. The first-order valence-electron chi connectivity index (χ1n) is 7.42. The average molecular weight is 362 g/mol. The fraction of sp³-hybridized carbons (Fsp3) is 0.278. The Balaban J connectivity index is 2.04. The molecule has 0 fully saturated rings. The number of halogens is 1. The molecule has 2 atom stereocenters. The molecule has 0 unspecified atom stereocenters. The quantitative estimate of drug-likeness (QED) is 0.872. The van der Waals surface area contributed by atoms with E-state index in [0.717, 1.165) is 10.2 Å². The van der Waals surface area contributed by atoms with Gasteiger partial charge in [0.15, 0.2) is 6.04 Å². The maximum atomic E-state index is 12.6. The minimum atomic E-state index is -0.146. The molecule has 0 spiro atoms. The number of rotatable bonds is 5.